The summed E-state index contributed by atoms with van der Waals surface area (Å²) in [5.41, 5.74) is 0. The van der Waals surface area contributed by atoms with Gasteiger partial charge in [0.15, 0.2) is 0 Å². The Hall–Kier alpha value is -0.0800. The maximum atomic E-state index is 2.52. The summed E-state index contributed by atoms with van der Waals surface area (Å²) in [6, 6.07) is 1.59. The van der Waals surface area contributed by atoms with Crippen LogP contribution in [0.15, 0.2) is 0 Å². The zero-order valence-corrected chi connectivity index (χ0v) is 17.0. The Balaban J connectivity index is 1.94. The van der Waals surface area contributed by atoms with E-state index < -0.39 is 0 Å². The standard InChI is InChI=1S/C21H42N2/c1-14-11-20(22(5)6)16(3)9-18(14)13-19-10-17(4)21(23(7)8)12-15(19)2/h14-21H,9-13H2,1-8H3. The van der Waals surface area contributed by atoms with Gasteiger partial charge in [-0.3, -0.25) is 0 Å². The minimum atomic E-state index is 0.794. The van der Waals surface area contributed by atoms with Gasteiger partial charge in [-0.2, -0.15) is 0 Å². The molecule has 2 heteroatoms. The molecule has 136 valence electrons. The predicted molar refractivity (Wildman–Crippen MR) is 102 cm³/mol. The highest BCUT2D eigenvalue weighted by molar-refractivity contribution is 4.91. The van der Waals surface area contributed by atoms with Crippen LogP contribution in [0.3, 0.4) is 0 Å². The van der Waals surface area contributed by atoms with E-state index in [1.165, 1.54) is 32.1 Å². The lowest BCUT2D eigenvalue weighted by atomic mass is 9.64. The van der Waals surface area contributed by atoms with Gasteiger partial charge in [0.2, 0.25) is 0 Å². The van der Waals surface area contributed by atoms with Crippen molar-refractivity contribution in [3.05, 3.63) is 0 Å². The summed E-state index contributed by atoms with van der Waals surface area (Å²) >= 11 is 0. The SMILES string of the molecule is CC1CC(N(C)C)C(C)CC1CC1CC(C)C(N(C)C)CC1C. The summed E-state index contributed by atoms with van der Waals surface area (Å²) in [7, 11) is 9.06. The number of rotatable bonds is 4. The molecule has 8 atom stereocenters. The van der Waals surface area contributed by atoms with Crippen LogP contribution in [-0.2, 0) is 0 Å². The van der Waals surface area contributed by atoms with Crippen LogP contribution < -0.4 is 0 Å². The molecule has 2 aliphatic rings. The average Bonchev–Trinajstić information content (AvgIpc) is 2.45. The van der Waals surface area contributed by atoms with E-state index in [2.05, 4.69) is 65.7 Å². The van der Waals surface area contributed by atoms with Gasteiger partial charge in [-0.05, 0) is 95.8 Å². The highest BCUT2D eigenvalue weighted by Gasteiger charge is 2.38. The predicted octanol–water partition coefficient (Wildman–Crippen LogP) is 4.60. The lowest BCUT2D eigenvalue weighted by Crippen LogP contribution is -2.44. The molecule has 0 aromatic heterocycles. The van der Waals surface area contributed by atoms with Crippen molar-refractivity contribution in [1.29, 1.82) is 0 Å². The van der Waals surface area contributed by atoms with Crippen LogP contribution in [0.5, 0.6) is 0 Å². The van der Waals surface area contributed by atoms with E-state index in [4.69, 9.17) is 0 Å². The second-order valence-electron chi connectivity index (χ2n) is 9.67. The Morgan fingerprint density at radius 3 is 1.22 bits per heavy atom. The molecule has 0 aromatic carbocycles. The fourth-order valence-electron chi connectivity index (χ4n) is 5.83. The van der Waals surface area contributed by atoms with Gasteiger partial charge in [0.05, 0.1) is 0 Å². The first kappa shape index (κ1) is 19.2. The van der Waals surface area contributed by atoms with Gasteiger partial charge < -0.3 is 9.80 Å². The highest BCUT2D eigenvalue weighted by atomic mass is 15.1. The summed E-state index contributed by atoms with van der Waals surface area (Å²) in [5, 5.41) is 0. The molecule has 2 aliphatic carbocycles. The van der Waals surface area contributed by atoms with Crippen molar-refractivity contribution in [2.75, 3.05) is 28.2 Å². The Morgan fingerprint density at radius 2 is 0.913 bits per heavy atom. The lowest BCUT2D eigenvalue weighted by molar-refractivity contribution is 0.0420. The first-order valence-corrected chi connectivity index (χ1v) is 10.0. The van der Waals surface area contributed by atoms with Gasteiger partial charge in [0.25, 0.3) is 0 Å². The molecule has 2 saturated carbocycles. The molecule has 8 unspecified atom stereocenters. The number of hydrogen-bond acceptors (Lipinski definition) is 2. The van der Waals surface area contributed by atoms with Gasteiger partial charge in [-0.1, -0.05) is 27.7 Å². The molecule has 0 amide bonds. The Bertz CT molecular complexity index is 331. The quantitative estimate of drug-likeness (QED) is 0.746. The maximum absolute atomic E-state index is 2.52. The van der Waals surface area contributed by atoms with Crippen LogP contribution >= 0.6 is 0 Å². The van der Waals surface area contributed by atoms with Gasteiger partial charge in [-0.15, -0.1) is 0 Å². The van der Waals surface area contributed by atoms with Crippen LogP contribution in [0.4, 0.5) is 0 Å². The maximum Gasteiger partial charge on any atom is 0.0117 e. The topological polar surface area (TPSA) is 6.48 Å². The van der Waals surface area contributed by atoms with E-state index in [0.717, 1.165) is 47.6 Å². The molecule has 23 heavy (non-hydrogen) atoms. The van der Waals surface area contributed by atoms with E-state index >= 15 is 0 Å². The molecule has 0 spiro atoms. The molecular formula is C21H42N2. The zero-order chi connectivity index (χ0) is 17.3. The summed E-state index contributed by atoms with van der Waals surface area (Å²) in [6.07, 6.45) is 7.17. The van der Waals surface area contributed by atoms with Crippen LogP contribution in [0, 0.1) is 35.5 Å². The molecule has 0 saturated heterocycles. The van der Waals surface area contributed by atoms with Crippen LogP contribution in [-0.4, -0.2) is 50.1 Å². The van der Waals surface area contributed by atoms with Crippen molar-refractivity contribution < 1.29 is 0 Å². The average molecular weight is 323 g/mol. The molecule has 2 rings (SSSR count). The molecule has 2 fully saturated rings. The third-order valence-electron chi connectivity index (χ3n) is 7.43. The van der Waals surface area contributed by atoms with E-state index in [1.54, 1.807) is 0 Å². The molecule has 0 aromatic rings. The van der Waals surface area contributed by atoms with Crippen LogP contribution in [0.2, 0.25) is 0 Å². The van der Waals surface area contributed by atoms with E-state index in [9.17, 15) is 0 Å². The van der Waals surface area contributed by atoms with Crippen LogP contribution in [0.25, 0.3) is 0 Å². The third kappa shape index (κ3) is 4.51. The number of hydrogen-bond donors (Lipinski definition) is 0. The Morgan fingerprint density at radius 1 is 0.565 bits per heavy atom. The fourth-order valence-corrected chi connectivity index (χ4v) is 5.83. The van der Waals surface area contributed by atoms with Crippen molar-refractivity contribution in [2.45, 2.75) is 71.9 Å². The smallest absolute Gasteiger partial charge is 0.0117 e. The first-order chi connectivity index (χ1) is 10.7. The second-order valence-corrected chi connectivity index (χ2v) is 9.67. The fraction of sp³-hybridized carbons (Fsp3) is 1.00. The van der Waals surface area contributed by atoms with Gasteiger partial charge in [-0.25, -0.2) is 0 Å². The van der Waals surface area contributed by atoms with Crippen molar-refractivity contribution >= 4 is 0 Å². The summed E-state index contributed by atoms with van der Waals surface area (Å²) in [6.45, 7) is 10.0. The molecule has 0 aliphatic heterocycles. The van der Waals surface area contributed by atoms with E-state index in [-0.39, 0.29) is 0 Å². The lowest BCUT2D eigenvalue weighted by Gasteiger charge is -2.46. The Labute approximate surface area is 146 Å². The summed E-state index contributed by atoms with van der Waals surface area (Å²) < 4.78 is 0. The van der Waals surface area contributed by atoms with Gasteiger partial charge in [0, 0.05) is 12.1 Å². The van der Waals surface area contributed by atoms with E-state index in [0.29, 0.717) is 0 Å². The molecule has 2 nitrogen and oxygen atoms in total. The second kappa shape index (κ2) is 7.87. The monoisotopic (exact) mass is 322 g/mol. The van der Waals surface area contributed by atoms with Crippen molar-refractivity contribution in [1.82, 2.24) is 9.80 Å². The molecule has 0 bridgehead atoms. The Kier molecular flexibility index (Phi) is 6.58. The third-order valence-corrected chi connectivity index (χ3v) is 7.43. The van der Waals surface area contributed by atoms with E-state index in [1.807, 2.05) is 0 Å². The summed E-state index contributed by atoms with van der Waals surface area (Å²) in [4.78, 5) is 4.93. The summed E-state index contributed by atoms with van der Waals surface area (Å²) in [5.74, 6) is 5.42. The van der Waals surface area contributed by atoms with Crippen LogP contribution in [0.1, 0.15) is 59.8 Å². The molecular weight excluding hydrogens is 280 g/mol. The highest BCUT2D eigenvalue weighted by Crippen LogP contribution is 2.44. The number of nitrogens with zero attached hydrogens (tertiary/aromatic N) is 2. The minimum absolute atomic E-state index is 0.794. The largest absolute Gasteiger partial charge is 0.306 e. The first-order valence-electron chi connectivity index (χ1n) is 10.0. The zero-order valence-electron chi connectivity index (χ0n) is 17.0. The molecule has 0 radical (unpaired) electrons. The minimum Gasteiger partial charge on any atom is -0.306 e. The molecule has 0 N–H and O–H groups in total. The van der Waals surface area contributed by atoms with Crippen molar-refractivity contribution in [2.24, 2.45) is 35.5 Å². The van der Waals surface area contributed by atoms with Gasteiger partial charge >= 0.3 is 0 Å². The van der Waals surface area contributed by atoms with Gasteiger partial charge in [0.1, 0.15) is 0 Å². The molecule has 0 heterocycles. The van der Waals surface area contributed by atoms with Crippen molar-refractivity contribution in [3.63, 3.8) is 0 Å². The normalized spacial score (nSPS) is 45.7. The van der Waals surface area contributed by atoms with Crippen molar-refractivity contribution in [3.8, 4) is 0 Å².